The average Bonchev–Trinajstić information content (AvgIpc) is 2.81. The maximum absolute atomic E-state index is 11.8. The zero-order chi connectivity index (χ0) is 14.5. The van der Waals surface area contributed by atoms with Crippen LogP contribution in [0.4, 0.5) is 0 Å². The van der Waals surface area contributed by atoms with Crippen molar-refractivity contribution in [2.45, 2.75) is 26.3 Å². The van der Waals surface area contributed by atoms with E-state index in [1.165, 1.54) is 6.26 Å². The summed E-state index contributed by atoms with van der Waals surface area (Å²) in [4.78, 5) is 14.9. The highest BCUT2D eigenvalue weighted by Gasteiger charge is 2.16. The van der Waals surface area contributed by atoms with E-state index in [1.807, 2.05) is 50.4 Å². The van der Waals surface area contributed by atoms with Gasteiger partial charge in [0.05, 0.1) is 6.26 Å². The summed E-state index contributed by atoms with van der Waals surface area (Å²) in [6, 6.07) is 7.28. The molecule has 20 heavy (non-hydrogen) atoms. The maximum atomic E-state index is 11.8. The van der Waals surface area contributed by atoms with Gasteiger partial charge >= 0.3 is 5.97 Å². The normalized spacial score (nSPS) is 13.2. The lowest BCUT2D eigenvalue weighted by Gasteiger charge is -2.08. The molecule has 0 radical (unpaired) electrons. The van der Waals surface area contributed by atoms with Crippen molar-refractivity contribution >= 4 is 16.9 Å². The first-order chi connectivity index (χ1) is 9.58. The number of carbonyl (C=O) groups excluding carboxylic acids is 1. The largest absolute Gasteiger partial charge is 0.434 e. The number of rotatable bonds is 5. The molecule has 2 rings (SSSR count). The lowest BCUT2D eigenvalue weighted by molar-refractivity contribution is -0.139. The molecule has 1 heterocycles. The molecule has 1 aromatic heterocycles. The van der Waals surface area contributed by atoms with Crippen LogP contribution in [0, 0.1) is 5.92 Å². The molecule has 0 aliphatic carbocycles. The Morgan fingerprint density at radius 1 is 1.40 bits per heavy atom. The van der Waals surface area contributed by atoms with Gasteiger partial charge in [-0.05, 0) is 23.6 Å². The van der Waals surface area contributed by atoms with Crippen molar-refractivity contribution in [3.05, 3.63) is 48.4 Å². The van der Waals surface area contributed by atoms with Crippen molar-refractivity contribution < 1.29 is 9.53 Å². The third-order valence-electron chi connectivity index (χ3n) is 3.07. The summed E-state index contributed by atoms with van der Waals surface area (Å²) < 4.78 is 5.02. The van der Waals surface area contributed by atoms with Crippen molar-refractivity contribution in [3.63, 3.8) is 0 Å². The monoisotopic (exact) mass is 272 g/mol. The van der Waals surface area contributed by atoms with Gasteiger partial charge < -0.3 is 15.5 Å². The highest BCUT2D eigenvalue weighted by atomic mass is 16.5. The third kappa shape index (κ3) is 3.48. The predicted molar refractivity (Wildman–Crippen MR) is 80.0 cm³/mol. The number of allylic oxidation sites excluding steroid dienone is 1. The standard InChI is InChI=1S/C16H20N2O2/c1-11(2)7-8-20-16(19)14(17)9-12-10-18-15-6-4-3-5-13(12)15/h3-8,10-11,14,18H,9,17H2,1-2H3/t14-/m0/s1. The van der Waals surface area contributed by atoms with Crippen LogP contribution in [0.3, 0.4) is 0 Å². The second-order valence-corrected chi connectivity index (χ2v) is 5.18. The molecule has 0 saturated heterocycles. The summed E-state index contributed by atoms with van der Waals surface area (Å²) in [5, 5.41) is 1.09. The first-order valence-corrected chi connectivity index (χ1v) is 6.75. The smallest absolute Gasteiger partial charge is 0.328 e. The number of aromatic nitrogens is 1. The molecule has 0 unspecified atom stereocenters. The minimum absolute atomic E-state index is 0.340. The zero-order valence-electron chi connectivity index (χ0n) is 11.8. The number of benzene rings is 1. The fourth-order valence-corrected chi connectivity index (χ4v) is 1.97. The molecule has 2 aromatic rings. The number of nitrogens with one attached hydrogen (secondary N) is 1. The second-order valence-electron chi connectivity index (χ2n) is 5.18. The average molecular weight is 272 g/mol. The van der Waals surface area contributed by atoms with E-state index < -0.39 is 12.0 Å². The Morgan fingerprint density at radius 3 is 2.90 bits per heavy atom. The van der Waals surface area contributed by atoms with Gasteiger partial charge in [-0.2, -0.15) is 0 Å². The van der Waals surface area contributed by atoms with E-state index in [9.17, 15) is 4.79 Å². The van der Waals surface area contributed by atoms with E-state index in [1.54, 1.807) is 0 Å². The van der Waals surface area contributed by atoms with Gasteiger partial charge in [0.15, 0.2) is 0 Å². The topological polar surface area (TPSA) is 68.1 Å². The van der Waals surface area contributed by atoms with E-state index in [0.29, 0.717) is 12.3 Å². The molecule has 0 aliphatic heterocycles. The fraction of sp³-hybridized carbons (Fsp3) is 0.312. The molecule has 1 aromatic carbocycles. The van der Waals surface area contributed by atoms with E-state index in [0.717, 1.165) is 16.5 Å². The third-order valence-corrected chi connectivity index (χ3v) is 3.07. The van der Waals surface area contributed by atoms with Gasteiger partial charge in [0.1, 0.15) is 6.04 Å². The minimum atomic E-state index is -0.661. The molecular weight excluding hydrogens is 252 g/mol. The van der Waals surface area contributed by atoms with Crippen LogP contribution in [0.15, 0.2) is 42.8 Å². The lowest BCUT2D eigenvalue weighted by atomic mass is 10.1. The number of esters is 1. The summed E-state index contributed by atoms with van der Waals surface area (Å²) in [6.07, 6.45) is 5.58. The number of para-hydroxylation sites is 1. The molecule has 0 fully saturated rings. The molecule has 106 valence electrons. The lowest BCUT2D eigenvalue weighted by Crippen LogP contribution is -2.33. The molecular formula is C16H20N2O2. The number of hydrogen-bond donors (Lipinski definition) is 2. The number of nitrogens with two attached hydrogens (primary N) is 1. The zero-order valence-corrected chi connectivity index (χ0v) is 11.8. The summed E-state index contributed by atoms with van der Waals surface area (Å²) in [5.41, 5.74) is 7.96. The van der Waals surface area contributed by atoms with Crippen LogP contribution in [0.25, 0.3) is 10.9 Å². The molecule has 1 atom stereocenters. The number of hydrogen-bond acceptors (Lipinski definition) is 3. The molecule has 4 nitrogen and oxygen atoms in total. The van der Waals surface area contributed by atoms with Crippen LogP contribution >= 0.6 is 0 Å². The van der Waals surface area contributed by atoms with Crippen LogP contribution < -0.4 is 5.73 Å². The maximum Gasteiger partial charge on any atom is 0.328 e. The molecule has 0 saturated carbocycles. The summed E-state index contributed by atoms with van der Waals surface area (Å²) >= 11 is 0. The molecule has 4 heteroatoms. The number of aromatic amines is 1. The van der Waals surface area contributed by atoms with Crippen molar-refractivity contribution in [1.29, 1.82) is 0 Å². The van der Waals surface area contributed by atoms with Gasteiger partial charge in [0.2, 0.25) is 0 Å². The Hall–Kier alpha value is -2.07. The molecule has 0 amide bonds. The highest BCUT2D eigenvalue weighted by Crippen LogP contribution is 2.18. The van der Waals surface area contributed by atoms with Crippen LogP contribution in [0.5, 0.6) is 0 Å². The van der Waals surface area contributed by atoms with Crippen LogP contribution in [-0.2, 0) is 16.0 Å². The van der Waals surface area contributed by atoms with Crippen LogP contribution in [0.2, 0.25) is 0 Å². The predicted octanol–water partition coefficient (Wildman–Crippen LogP) is 2.75. The Morgan fingerprint density at radius 2 is 2.15 bits per heavy atom. The highest BCUT2D eigenvalue weighted by molar-refractivity contribution is 5.84. The summed E-state index contributed by atoms with van der Waals surface area (Å²) in [7, 11) is 0. The number of H-pyrrole nitrogens is 1. The van der Waals surface area contributed by atoms with Crippen LogP contribution in [0.1, 0.15) is 19.4 Å². The van der Waals surface area contributed by atoms with Gasteiger partial charge in [-0.15, -0.1) is 0 Å². The SMILES string of the molecule is CC(C)C=COC(=O)[C@@H](N)Cc1c[nH]c2ccccc12. The Bertz CT molecular complexity index is 614. The van der Waals surface area contributed by atoms with Gasteiger partial charge in [0.25, 0.3) is 0 Å². The first kappa shape index (κ1) is 14.3. The van der Waals surface area contributed by atoms with Gasteiger partial charge in [-0.3, -0.25) is 0 Å². The molecule has 0 aliphatic rings. The number of ether oxygens (including phenoxy) is 1. The van der Waals surface area contributed by atoms with Crippen molar-refractivity contribution in [1.82, 2.24) is 4.98 Å². The number of fused-ring (bicyclic) bond motifs is 1. The molecule has 0 spiro atoms. The molecule has 3 N–H and O–H groups in total. The van der Waals surface area contributed by atoms with E-state index >= 15 is 0 Å². The van der Waals surface area contributed by atoms with Crippen molar-refractivity contribution in [2.75, 3.05) is 0 Å². The Labute approximate surface area is 118 Å². The van der Waals surface area contributed by atoms with Crippen molar-refractivity contribution in [2.24, 2.45) is 11.7 Å². The Balaban J connectivity index is 2.00. The molecule has 0 bridgehead atoms. The van der Waals surface area contributed by atoms with Gasteiger partial charge in [0, 0.05) is 23.5 Å². The van der Waals surface area contributed by atoms with Crippen LogP contribution in [-0.4, -0.2) is 17.0 Å². The summed E-state index contributed by atoms with van der Waals surface area (Å²) in [5.74, 6) is -0.0696. The first-order valence-electron chi connectivity index (χ1n) is 6.75. The van der Waals surface area contributed by atoms with Gasteiger partial charge in [-0.25, -0.2) is 4.79 Å². The van der Waals surface area contributed by atoms with E-state index in [2.05, 4.69) is 4.98 Å². The quantitative estimate of drug-likeness (QED) is 0.649. The minimum Gasteiger partial charge on any atom is -0.434 e. The van der Waals surface area contributed by atoms with Gasteiger partial charge in [-0.1, -0.05) is 32.0 Å². The Kier molecular flexibility index (Phi) is 4.58. The number of carbonyl (C=O) groups is 1. The second kappa shape index (κ2) is 6.39. The summed E-state index contributed by atoms with van der Waals surface area (Å²) in [6.45, 7) is 4.02. The van der Waals surface area contributed by atoms with Crippen molar-refractivity contribution in [3.8, 4) is 0 Å². The van der Waals surface area contributed by atoms with E-state index in [-0.39, 0.29) is 0 Å². The van der Waals surface area contributed by atoms with E-state index in [4.69, 9.17) is 10.5 Å². The fourth-order valence-electron chi connectivity index (χ4n) is 1.97.